The highest BCUT2D eigenvalue weighted by Gasteiger charge is 2.62. The van der Waals surface area contributed by atoms with Crippen LogP contribution in [0.3, 0.4) is 0 Å². The van der Waals surface area contributed by atoms with Crippen LogP contribution in [0.15, 0.2) is 36.8 Å². The van der Waals surface area contributed by atoms with Crippen LogP contribution in [0.25, 0.3) is 10.9 Å². The van der Waals surface area contributed by atoms with Crippen molar-refractivity contribution in [2.24, 2.45) is 11.8 Å². The number of aliphatic hydroxyl groups is 1. The third-order valence-corrected chi connectivity index (χ3v) is 6.19. The van der Waals surface area contributed by atoms with Crippen molar-refractivity contribution in [1.82, 2.24) is 20.5 Å². The number of halogens is 2. The molecule has 2 aromatic heterocycles. The molecule has 3 N–H and O–H groups in total. The maximum atomic E-state index is 12.4. The first-order valence-corrected chi connectivity index (χ1v) is 9.47. The highest BCUT2D eigenvalue weighted by molar-refractivity contribution is 6.31. The lowest BCUT2D eigenvalue weighted by atomic mass is 9.86. The van der Waals surface area contributed by atoms with Gasteiger partial charge in [0, 0.05) is 28.8 Å². The Labute approximate surface area is 164 Å². The van der Waals surface area contributed by atoms with E-state index in [-0.39, 0.29) is 23.8 Å². The summed E-state index contributed by atoms with van der Waals surface area (Å²) >= 11 is 12.1. The fourth-order valence-electron chi connectivity index (χ4n) is 4.47. The number of benzene rings is 1. The van der Waals surface area contributed by atoms with Gasteiger partial charge in [-0.3, -0.25) is 14.9 Å². The highest BCUT2D eigenvalue weighted by Crippen LogP contribution is 2.60. The molecule has 1 amide bonds. The number of rotatable bonds is 3. The second-order valence-corrected chi connectivity index (χ2v) is 8.32. The number of carbonyl (C=O) groups excluding carboxylic acids is 1. The van der Waals surface area contributed by atoms with E-state index < -0.39 is 5.60 Å². The Kier molecular flexibility index (Phi) is 3.73. The Morgan fingerprint density at radius 2 is 1.93 bits per heavy atom. The van der Waals surface area contributed by atoms with Crippen molar-refractivity contribution < 1.29 is 9.90 Å². The van der Waals surface area contributed by atoms with Gasteiger partial charge < -0.3 is 10.4 Å². The first-order valence-electron chi connectivity index (χ1n) is 8.71. The van der Waals surface area contributed by atoms with Gasteiger partial charge in [-0.05, 0) is 48.4 Å². The number of pyridine rings is 1. The summed E-state index contributed by atoms with van der Waals surface area (Å²) in [5.74, 6) is 0.298. The monoisotopic (exact) mass is 402 g/mol. The molecule has 0 aliphatic heterocycles. The Bertz CT molecular complexity index is 1050. The van der Waals surface area contributed by atoms with Crippen LogP contribution >= 0.6 is 23.2 Å². The Hall–Kier alpha value is -2.15. The highest BCUT2D eigenvalue weighted by atomic mass is 35.5. The van der Waals surface area contributed by atoms with Crippen LogP contribution in [0, 0.1) is 11.8 Å². The number of hydrogen-bond donors (Lipinski definition) is 3. The Morgan fingerprint density at radius 3 is 2.67 bits per heavy atom. The van der Waals surface area contributed by atoms with Gasteiger partial charge in [0.05, 0.1) is 27.9 Å². The maximum absolute atomic E-state index is 12.4. The van der Waals surface area contributed by atoms with Gasteiger partial charge in [-0.25, -0.2) is 0 Å². The summed E-state index contributed by atoms with van der Waals surface area (Å²) in [6.45, 7) is 0. The topological polar surface area (TPSA) is 90.9 Å². The van der Waals surface area contributed by atoms with E-state index in [1.165, 1.54) is 12.4 Å². The molecule has 4 atom stereocenters. The normalized spacial score (nSPS) is 28.9. The zero-order chi connectivity index (χ0) is 18.8. The van der Waals surface area contributed by atoms with Crippen molar-refractivity contribution in [3.05, 3.63) is 58.0 Å². The van der Waals surface area contributed by atoms with Gasteiger partial charge in [-0.2, -0.15) is 5.10 Å². The summed E-state index contributed by atoms with van der Waals surface area (Å²) in [5, 5.41) is 23.1. The number of nitrogens with zero attached hydrogens (tertiary/aromatic N) is 2. The molecule has 6 nitrogen and oxygen atoms in total. The lowest BCUT2D eigenvalue weighted by Gasteiger charge is -2.27. The lowest BCUT2D eigenvalue weighted by Crippen LogP contribution is -2.33. The molecule has 0 spiro atoms. The number of hydrogen-bond acceptors (Lipinski definition) is 4. The van der Waals surface area contributed by atoms with Crippen LogP contribution in [0.4, 0.5) is 0 Å². The van der Waals surface area contributed by atoms with Crippen LogP contribution in [-0.2, 0) is 5.60 Å². The van der Waals surface area contributed by atoms with Gasteiger partial charge in [0.15, 0.2) is 0 Å². The van der Waals surface area contributed by atoms with Crippen molar-refractivity contribution in [2.75, 3.05) is 0 Å². The lowest BCUT2D eigenvalue weighted by molar-refractivity contribution is 0.0293. The molecular formula is C19H16Cl2N4O2. The molecule has 1 aromatic carbocycles. The van der Waals surface area contributed by atoms with E-state index in [0.29, 0.717) is 28.5 Å². The molecule has 2 saturated carbocycles. The zero-order valence-corrected chi connectivity index (χ0v) is 15.6. The fourth-order valence-corrected chi connectivity index (χ4v) is 4.86. The smallest absolute Gasteiger partial charge is 0.253 e. The van der Waals surface area contributed by atoms with E-state index in [1.807, 2.05) is 6.07 Å². The molecule has 138 valence electrons. The van der Waals surface area contributed by atoms with Crippen LogP contribution < -0.4 is 5.32 Å². The predicted molar refractivity (Wildman–Crippen MR) is 102 cm³/mol. The number of nitrogens with one attached hydrogen (secondary N) is 2. The van der Waals surface area contributed by atoms with E-state index in [0.717, 1.165) is 16.5 Å². The summed E-state index contributed by atoms with van der Waals surface area (Å²) in [7, 11) is 0. The minimum atomic E-state index is -0.957. The number of H-pyrrole nitrogens is 1. The number of amides is 1. The molecule has 3 aromatic rings. The van der Waals surface area contributed by atoms with Crippen molar-refractivity contribution in [2.45, 2.75) is 24.5 Å². The van der Waals surface area contributed by atoms with E-state index in [1.54, 1.807) is 18.3 Å². The number of carbonyl (C=O) groups is 1. The van der Waals surface area contributed by atoms with Gasteiger partial charge in [0.2, 0.25) is 0 Å². The third-order valence-electron chi connectivity index (χ3n) is 5.77. The minimum absolute atomic E-state index is 0.0655. The molecule has 0 bridgehead atoms. The van der Waals surface area contributed by atoms with Gasteiger partial charge in [-0.15, -0.1) is 0 Å². The first-order chi connectivity index (χ1) is 12.9. The van der Waals surface area contributed by atoms with Crippen molar-refractivity contribution in [1.29, 1.82) is 0 Å². The van der Waals surface area contributed by atoms with Gasteiger partial charge in [0.1, 0.15) is 0 Å². The minimum Gasteiger partial charge on any atom is -0.385 e. The molecule has 2 fully saturated rings. The number of fused-ring (bicyclic) bond motifs is 2. The van der Waals surface area contributed by atoms with Crippen LogP contribution in [0.1, 0.15) is 28.8 Å². The summed E-state index contributed by atoms with van der Waals surface area (Å²) in [4.78, 5) is 16.3. The summed E-state index contributed by atoms with van der Waals surface area (Å²) in [6.07, 6.45) is 5.87. The largest absolute Gasteiger partial charge is 0.385 e. The fraction of sp³-hybridized carbons (Fsp3) is 0.316. The van der Waals surface area contributed by atoms with E-state index in [2.05, 4.69) is 20.5 Å². The van der Waals surface area contributed by atoms with Gasteiger partial charge in [-0.1, -0.05) is 23.2 Å². The molecule has 0 unspecified atom stereocenters. The molecular weight excluding hydrogens is 387 g/mol. The molecule has 0 saturated heterocycles. The van der Waals surface area contributed by atoms with E-state index in [4.69, 9.17) is 23.2 Å². The Balaban J connectivity index is 1.33. The maximum Gasteiger partial charge on any atom is 0.253 e. The summed E-state index contributed by atoms with van der Waals surface area (Å²) < 4.78 is 0. The third kappa shape index (κ3) is 2.79. The molecule has 5 rings (SSSR count). The number of aromatic amines is 1. The average molecular weight is 403 g/mol. The number of aromatic nitrogens is 3. The van der Waals surface area contributed by atoms with Crippen LogP contribution in [0.2, 0.25) is 10.0 Å². The van der Waals surface area contributed by atoms with Crippen molar-refractivity contribution >= 4 is 40.0 Å². The zero-order valence-electron chi connectivity index (χ0n) is 14.1. The SMILES string of the molecule is O=C(N[C@@H]1[C@@H]2C[C@@](O)(c3cc(Cl)cc4[nH]ncc34)C[C@@H]21)c1cncc(Cl)c1. The molecule has 8 heteroatoms. The molecule has 0 radical (unpaired) electrons. The van der Waals surface area contributed by atoms with Gasteiger partial charge >= 0.3 is 0 Å². The van der Waals surface area contributed by atoms with Crippen molar-refractivity contribution in [3.8, 4) is 0 Å². The summed E-state index contributed by atoms with van der Waals surface area (Å²) in [5.41, 5.74) is 1.10. The molecule has 27 heavy (non-hydrogen) atoms. The quantitative estimate of drug-likeness (QED) is 0.626. The first kappa shape index (κ1) is 17.0. The van der Waals surface area contributed by atoms with Crippen LogP contribution in [0.5, 0.6) is 0 Å². The average Bonchev–Trinajstić information content (AvgIpc) is 3.01. The molecule has 2 aliphatic carbocycles. The Morgan fingerprint density at radius 1 is 1.15 bits per heavy atom. The second-order valence-electron chi connectivity index (χ2n) is 7.44. The molecule has 2 aliphatic rings. The van der Waals surface area contributed by atoms with E-state index in [9.17, 15) is 9.90 Å². The summed E-state index contributed by atoms with van der Waals surface area (Å²) in [6, 6.07) is 5.28. The van der Waals surface area contributed by atoms with Crippen molar-refractivity contribution in [3.63, 3.8) is 0 Å². The van der Waals surface area contributed by atoms with Gasteiger partial charge in [0.25, 0.3) is 5.91 Å². The van der Waals surface area contributed by atoms with E-state index >= 15 is 0 Å². The molecule has 2 heterocycles. The van der Waals surface area contributed by atoms with Crippen LogP contribution in [-0.4, -0.2) is 32.2 Å². The second kappa shape index (κ2) is 5.92. The predicted octanol–water partition coefficient (Wildman–Crippen LogP) is 3.29. The standard InChI is InChI=1S/C19H16Cl2N4O2/c20-10-2-15(14-8-23-25-16(14)3-10)19(27)4-12-13(5-19)17(12)24-18(26)9-1-11(21)7-22-6-9/h1-3,6-8,12-13,17,27H,4-5H2,(H,23,25)(H,24,26)/t12-,13+,17-,19+.